The number of hydrogen-bond donors (Lipinski definition) is 2. The predicted octanol–water partition coefficient (Wildman–Crippen LogP) is 5.22. The number of benzene rings is 2. The molecule has 1 saturated heterocycles. The van der Waals surface area contributed by atoms with Crippen LogP contribution in [0.5, 0.6) is 5.75 Å². The van der Waals surface area contributed by atoms with Crippen LogP contribution in [0, 0.1) is 17.0 Å². The Balaban J connectivity index is 1.43. The number of ether oxygens (including phenoxy) is 1. The first-order chi connectivity index (χ1) is 15.9. The van der Waals surface area contributed by atoms with Crippen LogP contribution in [0.4, 0.5) is 37.6 Å². The molecule has 0 atom stereocenters. The lowest BCUT2D eigenvalue weighted by Crippen LogP contribution is -2.48. The summed E-state index contributed by atoms with van der Waals surface area (Å²) < 4.78 is 34.7. The second-order valence-electron chi connectivity index (χ2n) is 8.91. The van der Waals surface area contributed by atoms with E-state index < -0.39 is 19.6 Å². The smallest absolute Gasteiger partial charge is 0.229 e. The Morgan fingerprint density at radius 1 is 1.06 bits per heavy atom. The number of rotatable bonds is 7. The molecule has 2 aromatic carbocycles. The molecule has 6 nitrogen and oxygen atoms in total. The molecule has 1 aliphatic carbocycles. The zero-order valence-electron chi connectivity index (χ0n) is 18.8. The second-order valence-corrected chi connectivity index (χ2v) is 11.2. The second kappa shape index (κ2) is 8.41. The van der Waals surface area contributed by atoms with Crippen molar-refractivity contribution in [2.75, 3.05) is 49.1 Å². The molecule has 0 amide bonds. The zero-order valence-corrected chi connectivity index (χ0v) is 19.7. The third-order valence-electron chi connectivity index (χ3n) is 6.22. The molecule has 2 heterocycles. The Morgan fingerprint density at radius 3 is 2.52 bits per heavy atom. The van der Waals surface area contributed by atoms with E-state index in [4.69, 9.17) is 4.74 Å². The van der Waals surface area contributed by atoms with Gasteiger partial charge in [0.25, 0.3) is 0 Å². The Hall–Kier alpha value is -2.99. The van der Waals surface area contributed by atoms with Crippen molar-refractivity contribution >= 4 is 42.1 Å². The molecule has 9 heteroatoms. The molecule has 172 valence electrons. The molecule has 1 aliphatic heterocycles. The van der Waals surface area contributed by atoms with Crippen LogP contribution in [-0.2, 0) is 0 Å². The molecule has 3 aromatic rings. The number of nitrogens with zero attached hydrogens (tertiary/aromatic N) is 3. The van der Waals surface area contributed by atoms with E-state index in [1.54, 1.807) is 7.11 Å². The van der Waals surface area contributed by atoms with E-state index in [0.717, 1.165) is 30.3 Å². The molecule has 5 rings (SSSR count). The standard InChI is InChI=1S/C24H26F2N5OP/c1-32-21-18(10-15(25)11-19(21)31-13-24(14-31)8-9-24)29-23-27-12-16(26)22(30-23)28-17-6-4-5-7-20(17)33(2)3/h4-7,10-12H,8-9,13-14H2,1-3H3,(H2,27,28,29,30). The number of halogens is 2. The number of aromatic nitrogens is 2. The highest BCUT2D eigenvalue weighted by Crippen LogP contribution is 2.55. The maximum absolute atomic E-state index is 14.5. The zero-order chi connectivity index (χ0) is 23.2. The van der Waals surface area contributed by atoms with Gasteiger partial charge in [-0.1, -0.05) is 26.1 Å². The third kappa shape index (κ3) is 4.32. The van der Waals surface area contributed by atoms with Crippen molar-refractivity contribution in [3.05, 3.63) is 54.2 Å². The molecule has 1 aromatic heterocycles. The lowest BCUT2D eigenvalue weighted by Gasteiger charge is -2.42. The van der Waals surface area contributed by atoms with Crippen LogP contribution in [0.3, 0.4) is 0 Å². The van der Waals surface area contributed by atoms with Crippen molar-refractivity contribution in [1.29, 1.82) is 0 Å². The van der Waals surface area contributed by atoms with Crippen LogP contribution in [0.2, 0.25) is 0 Å². The van der Waals surface area contributed by atoms with Gasteiger partial charge in [-0.3, -0.25) is 0 Å². The summed E-state index contributed by atoms with van der Waals surface area (Å²) in [6.07, 6.45) is 3.55. The molecule has 0 bridgehead atoms. The van der Waals surface area contributed by atoms with E-state index in [1.165, 1.54) is 25.0 Å². The summed E-state index contributed by atoms with van der Waals surface area (Å²) in [6.45, 7) is 6.08. The van der Waals surface area contributed by atoms with Crippen LogP contribution in [0.1, 0.15) is 12.8 Å². The van der Waals surface area contributed by atoms with Gasteiger partial charge in [-0.15, -0.1) is 0 Å². The van der Waals surface area contributed by atoms with Crippen LogP contribution < -0.4 is 25.6 Å². The third-order valence-corrected chi connectivity index (χ3v) is 7.57. The van der Waals surface area contributed by atoms with E-state index in [1.807, 2.05) is 24.3 Å². The first-order valence-corrected chi connectivity index (χ1v) is 13.1. The van der Waals surface area contributed by atoms with E-state index in [2.05, 4.69) is 38.8 Å². The molecule has 33 heavy (non-hydrogen) atoms. The number of methoxy groups -OCH3 is 1. The van der Waals surface area contributed by atoms with Crippen molar-refractivity contribution in [3.8, 4) is 5.75 Å². The lowest BCUT2D eigenvalue weighted by atomic mass is 9.95. The number of anilines is 5. The van der Waals surface area contributed by atoms with Gasteiger partial charge in [0.2, 0.25) is 5.95 Å². The van der Waals surface area contributed by atoms with Gasteiger partial charge >= 0.3 is 0 Å². The molecule has 2 aliphatic rings. The topological polar surface area (TPSA) is 62.3 Å². The molecular formula is C24H26F2N5OP. The van der Waals surface area contributed by atoms with Gasteiger partial charge < -0.3 is 20.3 Å². The van der Waals surface area contributed by atoms with Gasteiger partial charge in [0.1, 0.15) is 5.82 Å². The van der Waals surface area contributed by atoms with Crippen LogP contribution in [-0.4, -0.2) is 43.5 Å². The molecule has 2 fully saturated rings. The van der Waals surface area contributed by atoms with Crippen molar-refractivity contribution in [2.24, 2.45) is 5.41 Å². The van der Waals surface area contributed by atoms with Crippen molar-refractivity contribution in [2.45, 2.75) is 12.8 Å². The Labute approximate surface area is 193 Å². The minimum absolute atomic E-state index is 0.0470. The van der Waals surface area contributed by atoms with Crippen LogP contribution in [0.15, 0.2) is 42.6 Å². The maximum Gasteiger partial charge on any atom is 0.229 e. The summed E-state index contributed by atoms with van der Waals surface area (Å²) in [5.74, 6) is -0.260. The summed E-state index contributed by atoms with van der Waals surface area (Å²) in [7, 11) is 1.16. The van der Waals surface area contributed by atoms with E-state index in [0.29, 0.717) is 22.5 Å². The molecular weight excluding hydrogens is 443 g/mol. The summed E-state index contributed by atoms with van der Waals surface area (Å²) in [5.41, 5.74) is 2.31. The van der Waals surface area contributed by atoms with E-state index >= 15 is 0 Å². The van der Waals surface area contributed by atoms with E-state index in [-0.39, 0.29) is 11.8 Å². The fourth-order valence-corrected chi connectivity index (χ4v) is 5.28. The van der Waals surface area contributed by atoms with Crippen molar-refractivity contribution < 1.29 is 13.5 Å². The van der Waals surface area contributed by atoms with Gasteiger partial charge in [-0.2, -0.15) is 4.98 Å². The summed E-state index contributed by atoms with van der Waals surface area (Å²) in [6, 6.07) is 10.6. The molecule has 0 radical (unpaired) electrons. The predicted molar refractivity (Wildman–Crippen MR) is 130 cm³/mol. The Morgan fingerprint density at radius 2 is 1.82 bits per heavy atom. The quantitative estimate of drug-likeness (QED) is 0.463. The minimum atomic E-state index is -0.575. The normalized spacial score (nSPS) is 16.0. The van der Waals surface area contributed by atoms with Gasteiger partial charge in [0.05, 0.1) is 24.7 Å². The van der Waals surface area contributed by atoms with Gasteiger partial charge in [-0.05, 0) is 37.5 Å². The van der Waals surface area contributed by atoms with Gasteiger partial charge in [0.15, 0.2) is 17.4 Å². The van der Waals surface area contributed by atoms with Crippen LogP contribution >= 0.6 is 7.92 Å². The molecule has 2 N–H and O–H groups in total. The fraction of sp³-hybridized carbons (Fsp3) is 0.333. The first-order valence-electron chi connectivity index (χ1n) is 10.8. The average molecular weight is 469 g/mol. The molecule has 0 unspecified atom stereocenters. The molecule has 1 saturated carbocycles. The van der Waals surface area contributed by atoms with Crippen molar-refractivity contribution in [3.63, 3.8) is 0 Å². The number of nitrogens with one attached hydrogen (secondary N) is 2. The highest BCUT2D eigenvalue weighted by atomic mass is 31.1. The number of para-hydroxylation sites is 1. The largest absolute Gasteiger partial charge is 0.492 e. The van der Waals surface area contributed by atoms with E-state index in [9.17, 15) is 8.78 Å². The summed E-state index contributed by atoms with van der Waals surface area (Å²) >= 11 is 0. The molecule has 1 spiro atoms. The highest BCUT2D eigenvalue weighted by molar-refractivity contribution is 7.64. The Bertz CT molecular complexity index is 1190. The monoisotopic (exact) mass is 469 g/mol. The van der Waals surface area contributed by atoms with Crippen LogP contribution in [0.25, 0.3) is 0 Å². The average Bonchev–Trinajstić information content (AvgIpc) is 3.56. The minimum Gasteiger partial charge on any atom is -0.492 e. The number of hydrogen-bond acceptors (Lipinski definition) is 6. The lowest BCUT2D eigenvalue weighted by molar-refractivity contribution is 0.371. The summed E-state index contributed by atoms with van der Waals surface area (Å²) in [5, 5.41) is 7.22. The summed E-state index contributed by atoms with van der Waals surface area (Å²) in [4.78, 5) is 10.5. The van der Waals surface area contributed by atoms with Crippen molar-refractivity contribution in [1.82, 2.24) is 9.97 Å². The Kier molecular flexibility index (Phi) is 5.57. The highest BCUT2D eigenvalue weighted by Gasteiger charge is 2.52. The van der Waals surface area contributed by atoms with Gasteiger partial charge in [-0.25, -0.2) is 13.8 Å². The SMILES string of the molecule is COc1c(Nc2ncc(F)c(Nc3ccccc3P(C)C)n2)cc(F)cc1N1CC2(CC2)C1. The fourth-order valence-electron chi connectivity index (χ4n) is 4.28. The first kappa shape index (κ1) is 21.8. The van der Waals surface area contributed by atoms with Gasteiger partial charge in [0, 0.05) is 36.3 Å². The maximum atomic E-state index is 14.5.